The van der Waals surface area contributed by atoms with Gasteiger partial charge in [0.25, 0.3) is 0 Å². The van der Waals surface area contributed by atoms with E-state index in [9.17, 15) is 10.1 Å². The summed E-state index contributed by atoms with van der Waals surface area (Å²) in [5.74, 6) is 0. The summed E-state index contributed by atoms with van der Waals surface area (Å²) in [6, 6.07) is 7.67. The van der Waals surface area contributed by atoms with Gasteiger partial charge in [0, 0.05) is 0 Å². The Bertz CT molecular complexity index is 357. The summed E-state index contributed by atoms with van der Waals surface area (Å²) in [6.07, 6.45) is 2.87. The van der Waals surface area contributed by atoms with E-state index in [1.807, 2.05) is 37.4 Å². The van der Waals surface area contributed by atoms with E-state index < -0.39 is 4.92 Å². The van der Waals surface area contributed by atoms with Gasteiger partial charge in [-0.15, -0.1) is 11.8 Å². The van der Waals surface area contributed by atoms with Crippen molar-refractivity contribution in [3.05, 3.63) is 51.7 Å². The quantitative estimate of drug-likeness (QED) is 0.567. The van der Waals surface area contributed by atoms with Crippen LogP contribution in [0.25, 0.3) is 4.91 Å². The van der Waals surface area contributed by atoms with E-state index in [0.29, 0.717) is 4.91 Å². The molecular formula is C10H11NO2S. The fourth-order valence-electron chi connectivity index (χ4n) is 1.06. The maximum absolute atomic E-state index is 10.3. The highest BCUT2D eigenvalue weighted by Gasteiger charge is 2.04. The molecule has 0 atom stereocenters. The third-order valence-electron chi connectivity index (χ3n) is 1.78. The van der Waals surface area contributed by atoms with E-state index in [4.69, 9.17) is 0 Å². The molecule has 74 valence electrons. The molecule has 1 rings (SSSR count). The van der Waals surface area contributed by atoms with Crippen molar-refractivity contribution in [1.82, 2.24) is 0 Å². The second-order valence-corrected chi connectivity index (χ2v) is 3.70. The molecule has 0 aliphatic heterocycles. The molecule has 0 saturated heterocycles. The predicted molar refractivity (Wildman–Crippen MR) is 59.7 cm³/mol. The van der Waals surface area contributed by atoms with Gasteiger partial charge in [0.1, 0.15) is 0 Å². The molecular weight excluding hydrogens is 198 g/mol. The molecule has 1 aromatic carbocycles. The molecule has 0 spiro atoms. The Kier molecular flexibility index (Phi) is 3.71. The SMILES string of the molecule is CS/C(=C/[N+](=O)[O-])c1ccc(C)cc1. The summed E-state index contributed by atoms with van der Waals surface area (Å²) in [4.78, 5) is 10.6. The monoisotopic (exact) mass is 209 g/mol. The minimum absolute atomic E-state index is 0.425. The van der Waals surface area contributed by atoms with Gasteiger partial charge in [-0.25, -0.2) is 0 Å². The van der Waals surface area contributed by atoms with Crippen molar-refractivity contribution in [3.63, 3.8) is 0 Å². The predicted octanol–water partition coefficient (Wildman–Crippen LogP) is 2.93. The smallest absolute Gasteiger partial charge is 0.248 e. The number of benzene rings is 1. The molecule has 0 bridgehead atoms. The van der Waals surface area contributed by atoms with Crippen LogP contribution in [0.15, 0.2) is 30.5 Å². The summed E-state index contributed by atoms with van der Waals surface area (Å²) >= 11 is 1.38. The average molecular weight is 209 g/mol. The molecule has 0 aliphatic carbocycles. The molecule has 0 heterocycles. The van der Waals surface area contributed by atoms with Gasteiger partial charge in [-0.2, -0.15) is 0 Å². The first kappa shape index (κ1) is 10.8. The van der Waals surface area contributed by atoms with E-state index in [2.05, 4.69) is 0 Å². The van der Waals surface area contributed by atoms with Crippen LogP contribution in [0.4, 0.5) is 0 Å². The summed E-state index contributed by atoms with van der Waals surface area (Å²) in [6.45, 7) is 1.99. The highest BCUT2D eigenvalue weighted by Crippen LogP contribution is 2.24. The molecule has 0 fully saturated rings. The first-order valence-electron chi connectivity index (χ1n) is 4.10. The summed E-state index contributed by atoms with van der Waals surface area (Å²) < 4.78 is 0. The van der Waals surface area contributed by atoms with E-state index in [1.54, 1.807) is 0 Å². The first-order chi connectivity index (χ1) is 6.63. The molecule has 1 aromatic rings. The zero-order valence-corrected chi connectivity index (χ0v) is 8.88. The third kappa shape index (κ3) is 2.88. The van der Waals surface area contributed by atoms with Gasteiger partial charge in [-0.1, -0.05) is 29.8 Å². The van der Waals surface area contributed by atoms with Crippen molar-refractivity contribution in [1.29, 1.82) is 0 Å². The molecule has 0 N–H and O–H groups in total. The van der Waals surface area contributed by atoms with E-state index >= 15 is 0 Å². The highest BCUT2D eigenvalue weighted by atomic mass is 32.2. The normalized spacial score (nSPS) is 11.4. The van der Waals surface area contributed by atoms with E-state index in [1.165, 1.54) is 11.8 Å². The van der Waals surface area contributed by atoms with E-state index in [-0.39, 0.29) is 0 Å². The lowest BCUT2D eigenvalue weighted by Gasteiger charge is -2.01. The fraction of sp³-hybridized carbons (Fsp3) is 0.200. The summed E-state index contributed by atoms with van der Waals surface area (Å²) in [7, 11) is 0. The number of nitrogens with zero attached hydrogens (tertiary/aromatic N) is 1. The van der Waals surface area contributed by atoms with Crippen LogP contribution >= 0.6 is 11.8 Å². The maximum atomic E-state index is 10.3. The standard InChI is InChI=1S/C10H11NO2S/c1-8-3-5-9(6-4-8)10(14-2)7-11(12)13/h3-7H,1-2H3/b10-7+. The van der Waals surface area contributed by atoms with Crippen LogP contribution in [-0.4, -0.2) is 11.2 Å². The molecule has 0 radical (unpaired) electrons. The van der Waals surface area contributed by atoms with Crippen molar-refractivity contribution >= 4 is 16.7 Å². The molecule has 14 heavy (non-hydrogen) atoms. The van der Waals surface area contributed by atoms with E-state index in [0.717, 1.165) is 17.3 Å². The van der Waals surface area contributed by atoms with Crippen LogP contribution < -0.4 is 0 Å². The van der Waals surface area contributed by atoms with Crippen LogP contribution in [0.2, 0.25) is 0 Å². The number of hydrogen-bond donors (Lipinski definition) is 0. The van der Waals surface area contributed by atoms with Crippen molar-refractivity contribution in [2.75, 3.05) is 6.26 Å². The Morgan fingerprint density at radius 2 is 2.00 bits per heavy atom. The Morgan fingerprint density at radius 1 is 1.43 bits per heavy atom. The second kappa shape index (κ2) is 4.81. The third-order valence-corrected chi connectivity index (χ3v) is 2.56. The molecule has 0 unspecified atom stereocenters. The zero-order valence-electron chi connectivity index (χ0n) is 8.06. The van der Waals surface area contributed by atoms with Crippen LogP contribution in [0.1, 0.15) is 11.1 Å². The van der Waals surface area contributed by atoms with Gasteiger partial charge < -0.3 is 0 Å². The van der Waals surface area contributed by atoms with Gasteiger partial charge in [0.2, 0.25) is 6.20 Å². The topological polar surface area (TPSA) is 43.1 Å². The lowest BCUT2D eigenvalue weighted by molar-refractivity contribution is -0.401. The zero-order chi connectivity index (χ0) is 10.6. The largest absolute Gasteiger partial charge is 0.259 e. The van der Waals surface area contributed by atoms with Crippen molar-refractivity contribution in [2.24, 2.45) is 0 Å². The van der Waals surface area contributed by atoms with Crippen molar-refractivity contribution in [3.8, 4) is 0 Å². The van der Waals surface area contributed by atoms with Crippen molar-refractivity contribution < 1.29 is 4.92 Å². The Labute approximate surface area is 87.0 Å². The molecule has 0 saturated carbocycles. The fourth-order valence-corrected chi connectivity index (χ4v) is 1.62. The van der Waals surface area contributed by atoms with Gasteiger partial charge in [0.15, 0.2) is 0 Å². The lowest BCUT2D eigenvalue weighted by Crippen LogP contribution is -1.88. The van der Waals surface area contributed by atoms with Crippen molar-refractivity contribution in [2.45, 2.75) is 6.92 Å². The Hall–Kier alpha value is -1.29. The minimum atomic E-state index is -0.425. The molecule has 0 aliphatic rings. The van der Waals surface area contributed by atoms with Gasteiger partial charge in [0.05, 0.1) is 9.83 Å². The molecule has 4 heteroatoms. The van der Waals surface area contributed by atoms with Gasteiger partial charge >= 0.3 is 0 Å². The number of nitro groups is 1. The second-order valence-electron chi connectivity index (χ2n) is 2.85. The number of thioether (sulfide) groups is 1. The summed E-state index contributed by atoms with van der Waals surface area (Å²) in [5, 5.41) is 10.3. The van der Waals surface area contributed by atoms with Gasteiger partial charge in [-0.05, 0) is 18.7 Å². The number of aryl methyl sites for hydroxylation is 1. The highest BCUT2D eigenvalue weighted by molar-refractivity contribution is 8.07. The first-order valence-corrected chi connectivity index (χ1v) is 5.32. The average Bonchev–Trinajstić information content (AvgIpc) is 2.15. The lowest BCUT2D eigenvalue weighted by atomic mass is 10.1. The molecule has 0 aromatic heterocycles. The number of rotatable bonds is 3. The molecule has 3 nitrogen and oxygen atoms in total. The molecule has 0 amide bonds. The minimum Gasteiger partial charge on any atom is -0.259 e. The van der Waals surface area contributed by atoms with Crippen LogP contribution in [0, 0.1) is 17.0 Å². The van der Waals surface area contributed by atoms with Gasteiger partial charge in [-0.3, -0.25) is 10.1 Å². The summed E-state index contributed by atoms with van der Waals surface area (Å²) in [5.41, 5.74) is 2.04. The maximum Gasteiger partial charge on any atom is 0.248 e. The van der Waals surface area contributed by atoms with Crippen LogP contribution in [0.5, 0.6) is 0 Å². The van der Waals surface area contributed by atoms with Crippen LogP contribution in [0.3, 0.4) is 0 Å². The van der Waals surface area contributed by atoms with Crippen LogP contribution in [-0.2, 0) is 0 Å². The number of hydrogen-bond acceptors (Lipinski definition) is 3. The Morgan fingerprint density at radius 3 is 2.43 bits per heavy atom. The Balaban J connectivity index is 3.01.